The summed E-state index contributed by atoms with van der Waals surface area (Å²) in [5, 5.41) is 3.39. The van der Waals surface area contributed by atoms with Gasteiger partial charge >= 0.3 is 0 Å². The lowest BCUT2D eigenvalue weighted by atomic mass is 9.82. The van der Waals surface area contributed by atoms with Crippen LogP contribution in [0, 0.1) is 11.6 Å². The summed E-state index contributed by atoms with van der Waals surface area (Å²) in [6.07, 6.45) is 1.55. The molecule has 0 saturated carbocycles. The van der Waals surface area contributed by atoms with Gasteiger partial charge in [-0.1, -0.05) is 25.4 Å². The summed E-state index contributed by atoms with van der Waals surface area (Å²) >= 11 is 6.14. The number of pyridine rings is 1. The van der Waals surface area contributed by atoms with Gasteiger partial charge in [-0.25, -0.2) is 8.78 Å². The van der Waals surface area contributed by atoms with Crippen LogP contribution >= 0.6 is 11.6 Å². The highest BCUT2D eigenvalue weighted by Gasteiger charge is 2.41. The van der Waals surface area contributed by atoms with E-state index in [0.717, 1.165) is 17.7 Å². The zero-order valence-electron chi connectivity index (χ0n) is 18.8. The maximum atomic E-state index is 13.8. The van der Waals surface area contributed by atoms with E-state index < -0.39 is 28.9 Å². The summed E-state index contributed by atoms with van der Waals surface area (Å²) < 4.78 is 27.2. The number of carbonyl (C=O) groups excluding carboxylic acids is 2. The number of hydrogen-bond acceptors (Lipinski definition) is 3. The molecule has 0 radical (unpaired) electrons. The molecule has 1 atom stereocenters. The Hall–Kier alpha value is -3.00. The Labute approximate surface area is 195 Å². The summed E-state index contributed by atoms with van der Waals surface area (Å²) in [6.45, 7) is 7.95. The van der Waals surface area contributed by atoms with Crippen LogP contribution < -0.4 is 5.32 Å². The molecule has 2 amide bonds. The van der Waals surface area contributed by atoms with Gasteiger partial charge in [0.2, 0.25) is 5.91 Å². The van der Waals surface area contributed by atoms with Crippen LogP contribution in [0.25, 0.3) is 11.0 Å². The summed E-state index contributed by atoms with van der Waals surface area (Å²) in [5.41, 5.74) is 2.32. The van der Waals surface area contributed by atoms with Gasteiger partial charge in [-0.2, -0.15) is 0 Å². The smallest absolute Gasteiger partial charge is 0.254 e. The summed E-state index contributed by atoms with van der Waals surface area (Å²) in [6, 6.07) is 4.72. The number of halogens is 3. The fourth-order valence-corrected chi connectivity index (χ4v) is 4.67. The van der Waals surface area contributed by atoms with Crippen molar-refractivity contribution in [1.29, 1.82) is 0 Å². The van der Waals surface area contributed by atoms with E-state index in [0.29, 0.717) is 21.7 Å². The van der Waals surface area contributed by atoms with Gasteiger partial charge in [0.1, 0.15) is 0 Å². The molecule has 1 aliphatic heterocycles. The molecule has 3 aromatic rings. The second-order valence-electron chi connectivity index (χ2n) is 9.38. The number of fused-ring (bicyclic) bond motifs is 3. The molecule has 0 aliphatic carbocycles. The predicted octanol–water partition coefficient (Wildman–Crippen LogP) is 4.54. The summed E-state index contributed by atoms with van der Waals surface area (Å²) in [4.78, 5) is 35.9. The molecule has 3 heterocycles. The lowest BCUT2D eigenvalue weighted by Crippen LogP contribution is -2.43. The van der Waals surface area contributed by atoms with Gasteiger partial charge < -0.3 is 15.2 Å². The molecule has 0 saturated heterocycles. The Balaban J connectivity index is 1.84. The molecule has 0 bridgehead atoms. The largest absolute Gasteiger partial charge is 0.356 e. The maximum absolute atomic E-state index is 13.8. The van der Waals surface area contributed by atoms with Crippen molar-refractivity contribution < 1.29 is 18.4 Å². The number of rotatable bonds is 3. The topological polar surface area (TPSA) is 78.1 Å². The minimum atomic E-state index is -1.10. The van der Waals surface area contributed by atoms with E-state index >= 15 is 0 Å². The second-order valence-corrected chi connectivity index (χ2v) is 9.81. The van der Waals surface area contributed by atoms with Crippen molar-refractivity contribution in [3.8, 4) is 0 Å². The quantitative estimate of drug-likeness (QED) is 0.585. The molecule has 4 rings (SSSR count). The zero-order chi connectivity index (χ0) is 24.1. The molecule has 0 fully saturated rings. The van der Waals surface area contributed by atoms with Crippen LogP contribution in [0.15, 0.2) is 30.5 Å². The van der Waals surface area contributed by atoms with Crippen LogP contribution in [-0.2, 0) is 10.2 Å². The first-order chi connectivity index (χ1) is 15.5. The van der Waals surface area contributed by atoms with Crippen LogP contribution in [0.5, 0.6) is 0 Å². The molecule has 174 valence electrons. The number of hydrogen-bond donors (Lipinski definition) is 2. The van der Waals surface area contributed by atoms with Gasteiger partial charge in [0.25, 0.3) is 5.91 Å². The van der Waals surface area contributed by atoms with Crippen molar-refractivity contribution in [3.63, 3.8) is 0 Å². The monoisotopic (exact) mass is 474 g/mol. The third-order valence-corrected chi connectivity index (χ3v) is 6.05. The summed E-state index contributed by atoms with van der Waals surface area (Å²) in [5.74, 6) is -3.56. The fraction of sp³-hybridized carbons (Fsp3) is 0.375. The fourth-order valence-electron chi connectivity index (χ4n) is 4.51. The van der Waals surface area contributed by atoms with Gasteiger partial charge in [-0.3, -0.25) is 14.6 Å². The highest BCUT2D eigenvalue weighted by Crippen LogP contribution is 2.40. The van der Waals surface area contributed by atoms with E-state index in [1.807, 2.05) is 27.7 Å². The van der Waals surface area contributed by atoms with E-state index in [1.165, 1.54) is 11.0 Å². The van der Waals surface area contributed by atoms with Gasteiger partial charge in [-0.05, 0) is 38.1 Å². The third-order valence-electron chi connectivity index (χ3n) is 5.85. The average molecular weight is 475 g/mol. The van der Waals surface area contributed by atoms with E-state index in [9.17, 15) is 18.4 Å². The molecular formula is C24H25ClF2N4O2. The van der Waals surface area contributed by atoms with Crippen LogP contribution in [0.1, 0.15) is 55.2 Å². The van der Waals surface area contributed by atoms with E-state index in [-0.39, 0.29) is 30.6 Å². The van der Waals surface area contributed by atoms with Crippen molar-refractivity contribution in [2.45, 2.75) is 45.1 Å². The van der Waals surface area contributed by atoms with Crippen LogP contribution in [0.2, 0.25) is 5.02 Å². The van der Waals surface area contributed by atoms with E-state index in [1.54, 1.807) is 12.3 Å². The summed E-state index contributed by atoms with van der Waals surface area (Å²) in [7, 11) is 0. The first-order valence-electron chi connectivity index (χ1n) is 10.7. The molecule has 1 unspecified atom stereocenters. The first kappa shape index (κ1) is 23.2. The minimum absolute atomic E-state index is 0.0213. The number of aromatic nitrogens is 2. The number of carbonyl (C=O) groups is 2. The van der Waals surface area contributed by atoms with Gasteiger partial charge in [0.05, 0.1) is 22.0 Å². The lowest BCUT2D eigenvalue weighted by Gasteiger charge is -2.31. The average Bonchev–Trinajstić information content (AvgIpc) is 3.05. The van der Waals surface area contributed by atoms with Gasteiger partial charge in [0, 0.05) is 47.6 Å². The number of benzene rings is 1. The zero-order valence-corrected chi connectivity index (χ0v) is 19.6. The van der Waals surface area contributed by atoms with E-state index in [4.69, 9.17) is 11.6 Å². The predicted molar refractivity (Wildman–Crippen MR) is 122 cm³/mol. The van der Waals surface area contributed by atoms with Crippen molar-refractivity contribution in [2.24, 2.45) is 0 Å². The molecule has 1 aliphatic rings. The van der Waals surface area contributed by atoms with Crippen molar-refractivity contribution >= 4 is 34.4 Å². The molecule has 0 spiro atoms. The highest BCUT2D eigenvalue weighted by molar-refractivity contribution is 6.31. The van der Waals surface area contributed by atoms with Crippen molar-refractivity contribution in [2.75, 3.05) is 13.1 Å². The van der Waals surface area contributed by atoms with E-state index in [2.05, 4.69) is 15.3 Å². The Bertz CT molecular complexity index is 1250. The SMILES string of the molecule is CC(C)NC(=O)C1CN(C(=O)c2ccc(F)c(F)c2)CC(C)(C)c2c1[nH]c1cc(Cl)cnc21. The first-order valence-corrected chi connectivity index (χ1v) is 11.1. The molecule has 6 nitrogen and oxygen atoms in total. The molecule has 2 N–H and O–H groups in total. The van der Waals surface area contributed by atoms with Crippen LogP contribution in [0.3, 0.4) is 0 Å². The molecule has 1 aromatic carbocycles. The second kappa shape index (κ2) is 8.41. The van der Waals surface area contributed by atoms with Crippen molar-refractivity contribution in [1.82, 2.24) is 20.2 Å². The number of aromatic amines is 1. The molecule has 33 heavy (non-hydrogen) atoms. The van der Waals surface area contributed by atoms with Gasteiger partial charge in [-0.15, -0.1) is 0 Å². The Kier molecular flexibility index (Phi) is 5.90. The molecule has 9 heteroatoms. The number of amides is 2. The van der Waals surface area contributed by atoms with Gasteiger partial charge in [0.15, 0.2) is 11.6 Å². The normalized spacial score (nSPS) is 17.7. The minimum Gasteiger partial charge on any atom is -0.356 e. The Morgan fingerprint density at radius 1 is 1.24 bits per heavy atom. The molecule has 2 aromatic heterocycles. The van der Waals surface area contributed by atoms with Crippen LogP contribution in [0.4, 0.5) is 8.78 Å². The third kappa shape index (κ3) is 4.31. The number of H-pyrrole nitrogens is 1. The van der Waals surface area contributed by atoms with Crippen molar-refractivity contribution in [3.05, 3.63) is 63.9 Å². The number of nitrogens with one attached hydrogen (secondary N) is 2. The Morgan fingerprint density at radius 2 is 1.97 bits per heavy atom. The Morgan fingerprint density at radius 3 is 2.64 bits per heavy atom. The number of nitrogens with zero attached hydrogens (tertiary/aromatic N) is 2. The highest BCUT2D eigenvalue weighted by atomic mass is 35.5. The van der Waals surface area contributed by atoms with Crippen LogP contribution in [-0.4, -0.2) is 45.8 Å². The lowest BCUT2D eigenvalue weighted by molar-refractivity contribution is -0.123. The standard InChI is InChI=1S/C24H25ClF2N4O2/c1-12(2)29-22(32)15-10-31(23(33)13-5-6-16(26)17(27)7-13)11-24(3,4)19-20(15)30-18-8-14(25)9-28-21(18)19/h5-9,12,15,30H,10-11H2,1-4H3,(H,29,32). The maximum Gasteiger partial charge on any atom is 0.254 e. The molecular weight excluding hydrogens is 450 g/mol.